The molecule has 2 aromatic heterocycles. The van der Waals surface area contributed by atoms with Crippen molar-refractivity contribution >= 4 is 28.5 Å². The summed E-state index contributed by atoms with van der Waals surface area (Å²) in [6.07, 6.45) is 0.584. The molecule has 0 fully saturated rings. The van der Waals surface area contributed by atoms with Gasteiger partial charge in [-0.2, -0.15) is 0 Å². The van der Waals surface area contributed by atoms with Crippen molar-refractivity contribution < 1.29 is 13.2 Å². The first kappa shape index (κ1) is 19.9. The lowest BCUT2D eigenvalue weighted by Gasteiger charge is -2.36. The summed E-state index contributed by atoms with van der Waals surface area (Å²) >= 11 is 6.02. The fraction of sp³-hybridized carbons (Fsp3) is 0.217. The van der Waals surface area contributed by atoms with Gasteiger partial charge >= 0.3 is 0 Å². The quantitative estimate of drug-likeness (QED) is 0.427. The monoisotopic (exact) mass is 442 g/mol. The summed E-state index contributed by atoms with van der Waals surface area (Å²) in [4.78, 5) is 14.2. The van der Waals surface area contributed by atoms with Crippen LogP contribution in [0.3, 0.4) is 0 Å². The second-order valence-corrected chi connectivity index (χ2v) is 8.18. The molecule has 0 saturated carbocycles. The van der Waals surface area contributed by atoms with Crippen molar-refractivity contribution in [2.75, 3.05) is 11.4 Å². The Hall–Kier alpha value is -3.06. The highest BCUT2D eigenvalue weighted by molar-refractivity contribution is 6.31. The van der Waals surface area contributed by atoms with Crippen LogP contribution in [-0.4, -0.2) is 21.5 Å². The highest BCUT2D eigenvalue weighted by atomic mass is 35.5. The average Bonchev–Trinajstić information content (AvgIpc) is 3.06. The highest BCUT2D eigenvalue weighted by Gasteiger charge is 2.35. The summed E-state index contributed by atoms with van der Waals surface area (Å²) in [5.41, 5.74) is 3.80. The number of benzene rings is 2. The molecular weight excluding hydrogens is 425 g/mol. The molecule has 1 atom stereocenters. The number of nitrogens with zero attached hydrogens (tertiary/aromatic N) is 3. The third-order valence-corrected chi connectivity index (χ3v) is 5.96. The molecule has 2 aromatic carbocycles. The number of anilines is 1. The van der Waals surface area contributed by atoms with E-state index in [0.29, 0.717) is 30.1 Å². The second-order valence-electron chi connectivity index (χ2n) is 7.77. The summed E-state index contributed by atoms with van der Waals surface area (Å²) in [7, 11) is 0. The fourth-order valence-electron chi connectivity index (χ4n) is 4.39. The Morgan fingerprint density at radius 2 is 1.77 bits per heavy atom. The van der Waals surface area contributed by atoms with E-state index in [2.05, 4.69) is 15.0 Å². The van der Waals surface area contributed by atoms with Crippen molar-refractivity contribution in [3.05, 3.63) is 87.1 Å². The van der Waals surface area contributed by atoms with Gasteiger partial charge in [0.15, 0.2) is 11.6 Å². The molecule has 0 aliphatic carbocycles. The molecule has 1 N–H and O–H groups in total. The van der Waals surface area contributed by atoms with Gasteiger partial charge < -0.3 is 9.88 Å². The predicted molar refractivity (Wildman–Crippen MR) is 114 cm³/mol. The maximum absolute atomic E-state index is 15.0. The van der Waals surface area contributed by atoms with Gasteiger partial charge in [0.2, 0.25) is 5.95 Å². The van der Waals surface area contributed by atoms with Gasteiger partial charge in [-0.3, -0.25) is 0 Å². The van der Waals surface area contributed by atoms with Gasteiger partial charge in [0, 0.05) is 40.1 Å². The Morgan fingerprint density at radius 3 is 2.52 bits per heavy atom. The minimum atomic E-state index is -0.934. The Labute approximate surface area is 181 Å². The van der Waals surface area contributed by atoms with Crippen LogP contribution in [0.2, 0.25) is 5.02 Å². The first-order valence-electron chi connectivity index (χ1n) is 9.86. The molecule has 158 valence electrons. The van der Waals surface area contributed by atoms with Gasteiger partial charge in [0.05, 0.1) is 5.02 Å². The number of aromatic nitrogens is 3. The molecule has 1 aliphatic rings. The number of fused-ring (bicyclic) bond motifs is 3. The molecule has 8 heteroatoms. The normalized spacial score (nSPS) is 16.1. The molecule has 0 saturated heterocycles. The highest BCUT2D eigenvalue weighted by Crippen LogP contribution is 2.41. The molecule has 0 amide bonds. The Morgan fingerprint density at radius 1 is 1.03 bits per heavy atom. The predicted octanol–water partition coefficient (Wildman–Crippen LogP) is 5.80. The number of aromatic amines is 1. The molecule has 4 aromatic rings. The minimum absolute atomic E-state index is 0.0165. The van der Waals surface area contributed by atoms with E-state index in [4.69, 9.17) is 11.6 Å². The standard InChI is InChI=1S/C23H18ClF3N4/c1-11-8-12(2)29-23(28-11)31-7-6-13-15-9-16(24)18(26)10-19(15)30-21(13)22(31)14-4-3-5-17(25)20(14)27/h3-5,8-10,22,30H,6-7H2,1-2H3. The summed E-state index contributed by atoms with van der Waals surface area (Å²) in [6.45, 7) is 4.19. The Bertz CT molecular complexity index is 1310. The first-order valence-corrected chi connectivity index (χ1v) is 10.2. The third-order valence-electron chi connectivity index (χ3n) is 5.67. The number of aryl methyl sites for hydroxylation is 2. The van der Waals surface area contributed by atoms with Crippen LogP contribution in [0.4, 0.5) is 19.1 Å². The van der Waals surface area contributed by atoms with Crippen LogP contribution in [0, 0.1) is 31.3 Å². The lowest BCUT2D eigenvalue weighted by Crippen LogP contribution is -2.38. The van der Waals surface area contributed by atoms with E-state index in [1.165, 1.54) is 12.1 Å². The SMILES string of the molecule is Cc1cc(C)nc(N2CCc3c([nH]c4cc(F)c(Cl)cc34)C2c2cccc(F)c2F)n1. The summed E-state index contributed by atoms with van der Waals surface area (Å²) in [6, 6.07) is 8.14. The number of nitrogens with one attached hydrogen (secondary N) is 1. The number of rotatable bonds is 2. The van der Waals surface area contributed by atoms with Crippen molar-refractivity contribution in [2.45, 2.75) is 26.3 Å². The molecule has 3 heterocycles. The van der Waals surface area contributed by atoms with Gasteiger partial charge in [0.25, 0.3) is 0 Å². The number of H-pyrrole nitrogens is 1. The van der Waals surface area contributed by atoms with Gasteiger partial charge in [-0.1, -0.05) is 23.7 Å². The molecule has 1 aliphatic heterocycles. The van der Waals surface area contributed by atoms with E-state index in [1.54, 1.807) is 12.1 Å². The Kier molecular flexibility index (Phi) is 4.66. The molecule has 0 radical (unpaired) electrons. The van der Waals surface area contributed by atoms with Crippen LogP contribution in [0.15, 0.2) is 36.4 Å². The summed E-state index contributed by atoms with van der Waals surface area (Å²) in [5, 5.41) is 0.784. The molecule has 5 rings (SSSR count). The van der Waals surface area contributed by atoms with Crippen LogP contribution >= 0.6 is 11.6 Å². The maximum atomic E-state index is 15.0. The molecule has 0 spiro atoms. The lowest BCUT2D eigenvalue weighted by molar-refractivity contribution is 0.485. The van der Waals surface area contributed by atoms with Crippen LogP contribution in [0.25, 0.3) is 10.9 Å². The molecule has 0 bridgehead atoms. The first-order chi connectivity index (χ1) is 14.8. The van der Waals surface area contributed by atoms with E-state index in [1.807, 2.05) is 24.8 Å². The number of halogens is 4. The van der Waals surface area contributed by atoms with Crippen molar-refractivity contribution in [1.82, 2.24) is 15.0 Å². The molecule has 31 heavy (non-hydrogen) atoms. The van der Waals surface area contributed by atoms with E-state index in [0.717, 1.165) is 28.4 Å². The van der Waals surface area contributed by atoms with Gasteiger partial charge in [-0.15, -0.1) is 0 Å². The number of hydrogen-bond acceptors (Lipinski definition) is 3. The topological polar surface area (TPSA) is 44.8 Å². The minimum Gasteiger partial charge on any atom is -0.356 e. The largest absolute Gasteiger partial charge is 0.356 e. The zero-order chi connectivity index (χ0) is 21.9. The summed E-state index contributed by atoms with van der Waals surface area (Å²) < 4.78 is 43.2. The zero-order valence-electron chi connectivity index (χ0n) is 16.8. The Balaban J connectivity index is 1.77. The van der Waals surface area contributed by atoms with E-state index < -0.39 is 23.5 Å². The maximum Gasteiger partial charge on any atom is 0.226 e. The molecular formula is C23H18ClF3N4. The smallest absolute Gasteiger partial charge is 0.226 e. The molecule has 1 unspecified atom stereocenters. The van der Waals surface area contributed by atoms with Crippen LogP contribution in [0.1, 0.15) is 34.3 Å². The van der Waals surface area contributed by atoms with Crippen LogP contribution in [-0.2, 0) is 6.42 Å². The summed E-state index contributed by atoms with van der Waals surface area (Å²) in [5.74, 6) is -1.98. The lowest BCUT2D eigenvalue weighted by atomic mass is 9.92. The van der Waals surface area contributed by atoms with Crippen molar-refractivity contribution in [3.8, 4) is 0 Å². The average molecular weight is 443 g/mol. The van der Waals surface area contributed by atoms with Crippen LogP contribution in [0.5, 0.6) is 0 Å². The van der Waals surface area contributed by atoms with E-state index in [-0.39, 0.29) is 10.6 Å². The fourth-order valence-corrected chi connectivity index (χ4v) is 4.56. The zero-order valence-corrected chi connectivity index (χ0v) is 17.6. The van der Waals surface area contributed by atoms with Gasteiger partial charge in [-0.05, 0) is 50.1 Å². The molecule has 4 nitrogen and oxygen atoms in total. The van der Waals surface area contributed by atoms with Crippen molar-refractivity contribution in [1.29, 1.82) is 0 Å². The van der Waals surface area contributed by atoms with Crippen LogP contribution < -0.4 is 4.90 Å². The van der Waals surface area contributed by atoms with Crippen molar-refractivity contribution in [2.24, 2.45) is 0 Å². The second kappa shape index (κ2) is 7.27. The third kappa shape index (κ3) is 3.24. The van der Waals surface area contributed by atoms with Gasteiger partial charge in [-0.25, -0.2) is 23.1 Å². The van der Waals surface area contributed by atoms with Gasteiger partial charge in [0.1, 0.15) is 11.9 Å². The van der Waals surface area contributed by atoms with E-state index >= 15 is 0 Å². The van der Waals surface area contributed by atoms with Crippen molar-refractivity contribution in [3.63, 3.8) is 0 Å². The number of hydrogen-bond donors (Lipinski definition) is 1. The van der Waals surface area contributed by atoms with E-state index in [9.17, 15) is 13.2 Å².